The van der Waals surface area contributed by atoms with E-state index in [0.29, 0.717) is 11.7 Å². The highest BCUT2D eigenvalue weighted by Crippen LogP contribution is 2.36. The molecule has 1 saturated heterocycles. The predicted octanol–water partition coefficient (Wildman–Crippen LogP) is 3.24. The van der Waals surface area contributed by atoms with Crippen molar-refractivity contribution < 1.29 is 4.79 Å². The molecule has 0 aromatic heterocycles. The van der Waals surface area contributed by atoms with Crippen LogP contribution in [0.25, 0.3) is 0 Å². The summed E-state index contributed by atoms with van der Waals surface area (Å²) in [4.78, 5) is 14.5. The second-order valence-corrected chi connectivity index (χ2v) is 7.02. The number of rotatable bonds is 4. The molecule has 1 fully saturated rings. The van der Waals surface area contributed by atoms with Crippen LogP contribution in [0.2, 0.25) is 0 Å². The van der Waals surface area contributed by atoms with Gasteiger partial charge in [0.15, 0.2) is 0 Å². The number of nitrogens with zero attached hydrogens (tertiary/aromatic N) is 1. The molecule has 0 aliphatic carbocycles. The summed E-state index contributed by atoms with van der Waals surface area (Å²) in [6.07, 6.45) is 1.32. The monoisotopic (exact) mass is 328 g/mol. The molecule has 118 valence electrons. The maximum Gasteiger partial charge on any atom is 0.223 e. The van der Waals surface area contributed by atoms with Gasteiger partial charge in [-0.15, -0.1) is 12.4 Å². The van der Waals surface area contributed by atoms with Crippen LogP contribution in [0.4, 0.5) is 0 Å². The Balaban J connectivity index is 0.00000220. The number of thioether (sulfide) groups is 1. The van der Waals surface area contributed by atoms with Gasteiger partial charge in [0.1, 0.15) is 0 Å². The summed E-state index contributed by atoms with van der Waals surface area (Å²) in [6.45, 7) is 5.01. The molecular formula is C16H25ClN2OS. The Labute approximate surface area is 138 Å². The Bertz CT molecular complexity index is 441. The van der Waals surface area contributed by atoms with Gasteiger partial charge in [-0.3, -0.25) is 4.79 Å². The molecule has 3 unspecified atom stereocenters. The van der Waals surface area contributed by atoms with Crippen LogP contribution in [-0.4, -0.2) is 34.4 Å². The fourth-order valence-corrected chi connectivity index (χ4v) is 3.86. The maximum atomic E-state index is 12.5. The van der Waals surface area contributed by atoms with Gasteiger partial charge in [0.25, 0.3) is 0 Å². The molecule has 21 heavy (non-hydrogen) atoms. The van der Waals surface area contributed by atoms with Crippen LogP contribution >= 0.6 is 24.2 Å². The van der Waals surface area contributed by atoms with E-state index in [0.717, 1.165) is 18.7 Å². The summed E-state index contributed by atoms with van der Waals surface area (Å²) >= 11 is 1.95. The summed E-state index contributed by atoms with van der Waals surface area (Å²) in [5.41, 5.74) is 7.01. The van der Waals surface area contributed by atoms with Crippen LogP contribution in [0.1, 0.15) is 38.3 Å². The average molecular weight is 329 g/mol. The third kappa shape index (κ3) is 4.90. The second-order valence-electron chi connectivity index (χ2n) is 5.53. The summed E-state index contributed by atoms with van der Waals surface area (Å²) in [5.74, 6) is 1.26. The van der Waals surface area contributed by atoms with Crippen LogP contribution < -0.4 is 5.73 Å². The molecule has 0 saturated carbocycles. The zero-order chi connectivity index (χ0) is 14.5. The molecule has 2 rings (SSSR count). The third-order valence-electron chi connectivity index (χ3n) is 3.77. The fraction of sp³-hybridized carbons (Fsp3) is 0.562. The molecular weight excluding hydrogens is 304 g/mol. The minimum absolute atomic E-state index is 0. The van der Waals surface area contributed by atoms with E-state index < -0.39 is 0 Å². The number of hydrogen-bond donors (Lipinski definition) is 1. The van der Waals surface area contributed by atoms with Crippen molar-refractivity contribution in [2.75, 3.05) is 12.3 Å². The Morgan fingerprint density at radius 3 is 2.71 bits per heavy atom. The molecule has 0 spiro atoms. The van der Waals surface area contributed by atoms with E-state index in [2.05, 4.69) is 24.0 Å². The Hall–Kier alpha value is -0.710. The highest BCUT2D eigenvalue weighted by Gasteiger charge is 2.33. The first-order chi connectivity index (χ1) is 9.59. The molecule has 0 bridgehead atoms. The molecule has 1 amide bonds. The zero-order valence-corrected chi connectivity index (χ0v) is 14.3. The number of benzene rings is 1. The van der Waals surface area contributed by atoms with E-state index in [1.807, 2.05) is 36.9 Å². The molecule has 2 N–H and O–H groups in total. The molecule has 0 radical (unpaired) electrons. The lowest BCUT2D eigenvalue weighted by atomic mass is 10.0. The van der Waals surface area contributed by atoms with Crippen LogP contribution in [0.5, 0.6) is 0 Å². The zero-order valence-electron chi connectivity index (χ0n) is 12.7. The van der Waals surface area contributed by atoms with Crippen LogP contribution in [0, 0.1) is 0 Å². The quantitative estimate of drug-likeness (QED) is 0.923. The van der Waals surface area contributed by atoms with Crippen molar-refractivity contribution >= 4 is 30.1 Å². The van der Waals surface area contributed by atoms with Crippen LogP contribution in [0.15, 0.2) is 30.3 Å². The maximum absolute atomic E-state index is 12.5. The first kappa shape index (κ1) is 18.3. The lowest BCUT2D eigenvalue weighted by Crippen LogP contribution is -2.44. The van der Waals surface area contributed by atoms with Crippen molar-refractivity contribution in [3.05, 3.63) is 35.9 Å². The number of carbonyl (C=O) groups excluding carboxylic acids is 1. The summed E-state index contributed by atoms with van der Waals surface area (Å²) in [5, 5.41) is 0.436. The lowest BCUT2D eigenvalue weighted by Gasteiger charge is -2.40. The average Bonchev–Trinajstić information content (AvgIpc) is 2.45. The minimum atomic E-state index is 0. The standard InChI is InChI=1S/C16H24N2OS.ClH/c1-12(17)8-9-15(19)18-10-11-20-13(2)16(18)14-6-4-3-5-7-14;/h3-7,12-13,16H,8-11,17H2,1-2H3;1H. The van der Waals surface area contributed by atoms with Gasteiger partial charge in [0, 0.05) is 30.0 Å². The van der Waals surface area contributed by atoms with Crippen LogP contribution in [0.3, 0.4) is 0 Å². The highest BCUT2D eigenvalue weighted by molar-refractivity contribution is 8.00. The number of halogens is 1. The van der Waals surface area contributed by atoms with E-state index in [4.69, 9.17) is 5.73 Å². The van der Waals surface area contributed by atoms with Crippen molar-refractivity contribution in [3.63, 3.8) is 0 Å². The summed E-state index contributed by atoms with van der Waals surface area (Å²) in [6, 6.07) is 10.6. The first-order valence-electron chi connectivity index (χ1n) is 7.31. The summed E-state index contributed by atoms with van der Waals surface area (Å²) in [7, 11) is 0. The van der Waals surface area contributed by atoms with Gasteiger partial charge in [-0.2, -0.15) is 11.8 Å². The molecule has 5 heteroatoms. The van der Waals surface area contributed by atoms with Crippen molar-refractivity contribution in [1.82, 2.24) is 4.90 Å². The first-order valence-corrected chi connectivity index (χ1v) is 8.36. The minimum Gasteiger partial charge on any atom is -0.334 e. The lowest BCUT2D eigenvalue weighted by molar-refractivity contribution is -0.133. The number of hydrogen-bond acceptors (Lipinski definition) is 3. The number of nitrogens with two attached hydrogens (primary N) is 1. The molecule has 3 atom stereocenters. The summed E-state index contributed by atoms with van der Waals surface area (Å²) < 4.78 is 0. The van der Waals surface area contributed by atoms with Gasteiger partial charge in [-0.1, -0.05) is 37.3 Å². The Morgan fingerprint density at radius 2 is 2.10 bits per heavy atom. The normalized spacial score (nSPS) is 23.3. The molecule has 1 aliphatic heterocycles. The largest absolute Gasteiger partial charge is 0.334 e. The van der Waals surface area contributed by atoms with E-state index in [1.54, 1.807) is 0 Å². The predicted molar refractivity (Wildman–Crippen MR) is 92.9 cm³/mol. The van der Waals surface area contributed by atoms with Gasteiger partial charge < -0.3 is 10.6 Å². The molecule has 3 nitrogen and oxygen atoms in total. The third-order valence-corrected chi connectivity index (χ3v) is 4.97. The Morgan fingerprint density at radius 1 is 1.43 bits per heavy atom. The van der Waals surface area contributed by atoms with E-state index in [1.165, 1.54) is 5.56 Å². The SMILES string of the molecule is CC(N)CCC(=O)N1CCSC(C)C1c1ccccc1.Cl. The fourth-order valence-electron chi connectivity index (χ4n) is 2.70. The van der Waals surface area contributed by atoms with Gasteiger partial charge in [0.05, 0.1) is 6.04 Å². The van der Waals surface area contributed by atoms with E-state index >= 15 is 0 Å². The molecule has 1 aromatic carbocycles. The second kappa shape index (κ2) is 8.66. The van der Waals surface area contributed by atoms with E-state index in [9.17, 15) is 4.79 Å². The van der Waals surface area contributed by atoms with Gasteiger partial charge in [0.2, 0.25) is 5.91 Å². The van der Waals surface area contributed by atoms with Gasteiger partial charge >= 0.3 is 0 Å². The van der Waals surface area contributed by atoms with Crippen molar-refractivity contribution in [3.8, 4) is 0 Å². The van der Waals surface area contributed by atoms with Crippen molar-refractivity contribution in [2.24, 2.45) is 5.73 Å². The Kier molecular flexibility index (Phi) is 7.57. The van der Waals surface area contributed by atoms with Gasteiger partial charge in [-0.25, -0.2) is 0 Å². The smallest absolute Gasteiger partial charge is 0.223 e. The molecule has 1 aliphatic rings. The number of amides is 1. The molecule has 1 aromatic rings. The van der Waals surface area contributed by atoms with Crippen molar-refractivity contribution in [1.29, 1.82) is 0 Å². The van der Waals surface area contributed by atoms with Crippen molar-refractivity contribution in [2.45, 2.75) is 44.0 Å². The van der Waals surface area contributed by atoms with E-state index in [-0.39, 0.29) is 30.4 Å². The topological polar surface area (TPSA) is 46.3 Å². The van der Waals surface area contributed by atoms with Gasteiger partial charge in [-0.05, 0) is 18.9 Å². The molecule has 1 heterocycles. The van der Waals surface area contributed by atoms with Crippen LogP contribution in [-0.2, 0) is 4.79 Å². The number of carbonyl (C=O) groups is 1. The highest BCUT2D eigenvalue weighted by atomic mass is 35.5.